The van der Waals surface area contributed by atoms with E-state index in [2.05, 4.69) is 35.2 Å². The number of hydrogen-bond acceptors (Lipinski definition) is 3. The fraction of sp³-hybridized carbons (Fsp3) is 0.643. The number of pyridine rings is 1. The van der Waals surface area contributed by atoms with Crippen LogP contribution in [0.15, 0.2) is 24.5 Å². The molecule has 1 saturated heterocycles. The van der Waals surface area contributed by atoms with Crippen molar-refractivity contribution in [3.8, 4) is 0 Å². The summed E-state index contributed by atoms with van der Waals surface area (Å²) in [6.07, 6.45) is 6.20. The third kappa shape index (κ3) is 3.51. The van der Waals surface area contributed by atoms with E-state index in [1.54, 1.807) is 0 Å². The summed E-state index contributed by atoms with van der Waals surface area (Å²) < 4.78 is 0. The van der Waals surface area contributed by atoms with Gasteiger partial charge in [0, 0.05) is 31.5 Å². The van der Waals surface area contributed by atoms with Crippen LogP contribution in [0.25, 0.3) is 0 Å². The molecule has 0 aromatic carbocycles. The molecule has 1 aliphatic heterocycles. The molecule has 0 radical (unpaired) electrons. The third-order valence-corrected chi connectivity index (χ3v) is 3.80. The molecule has 1 aromatic rings. The summed E-state index contributed by atoms with van der Waals surface area (Å²) in [5, 5.41) is 3.41. The molecule has 0 saturated carbocycles. The molecule has 17 heavy (non-hydrogen) atoms. The number of nitrogens with one attached hydrogen (secondary N) is 1. The first-order valence-electron chi connectivity index (χ1n) is 6.58. The molecule has 2 unspecified atom stereocenters. The summed E-state index contributed by atoms with van der Waals surface area (Å²) >= 11 is 0. The highest BCUT2D eigenvalue weighted by molar-refractivity contribution is 5.08. The van der Waals surface area contributed by atoms with Crippen molar-refractivity contribution in [3.05, 3.63) is 30.1 Å². The van der Waals surface area contributed by atoms with E-state index in [1.807, 2.05) is 18.5 Å². The van der Waals surface area contributed by atoms with Crippen LogP contribution in [0.4, 0.5) is 0 Å². The highest BCUT2D eigenvalue weighted by atomic mass is 15.1. The van der Waals surface area contributed by atoms with E-state index in [0.717, 1.165) is 18.9 Å². The third-order valence-electron chi connectivity index (χ3n) is 3.80. The van der Waals surface area contributed by atoms with E-state index in [-0.39, 0.29) is 0 Å². The molecular formula is C14H23N3. The van der Waals surface area contributed by atoms with Gasteiger partial charge in [-0.15, -0.1) is 0 Å². The Labute approximate surface area is 104 Å². The van der Waals surface area contributed by atoms with Crippen LogP contribution in [0, 0.1) is 5.92 Å². The molecule has 1 N–H and O–H groups in total. The Kier molecular flexibility index (Phi) is 4.51. The van der Waals surface area contributed by atoms with Gasteiger partial charge in [0.25, 0.3) is 0 Å². The molecule has 0 aliphatic carbocycles. The minimum absolute atomic E-state index is 0.699. The zero-order valence-corrected chi connectivity index (χ0v) is 10.9. The average Bonchev–Trinajstić information content (AvgIpc) is 2.38. The molecule has 2 heterocycles. The summed E-state index contributed by atoms with van der Waals surface area (Å²) in [5.41, 5.74) is 1.34. The molecule has 0 spiro atoms. The quantitative estimate of drug-likeness (QED) is 0.855. The number of likely N-dealkylation sites (tertiary alicyclic amines) is 1. The van der Waals surface area contributed by atoms with Crippen molar-refractivity contribution in [1.29, 1.82) is 0 Å². The first-order valence-corrected chi connectivity index (χ1v) is 6.58. The normalized spacial score (nSPS) is 26.0. The van der Waals surface area contributed by atoms with E-state index in [4.69, 9.17) is 0 Å². The maximum Gasteiger partial charge on any atom is 0.0300 e. The van der Waals surface area contributed by atoms with Crippen molar-refractivity contribution < 1.29 is 0 Å². The molecule has 1 aliphatic rings. The first-order chi connectivity index (χ1) is 8.29. The van der Waals surface area contributed by atoms with E-state index < -0.39 is 0 Å². The minimum Gasteiger partial charge on any atom is -0.317 e. The lowest BCUT2D eigenvalue weighted by Gasteiger charge is -2.36. The number of hydrogen-bond donors (Lipinski definition) is 1. The van der Waals surface area contributed by atoms with E-state index in [0.29, 0.717) is 6.04 Å². The molecular weight excluding hydrogens is 210 g/mol. The predicted molar refractivity (Wildman–Crippen MR) is 71.0 cm³/mol. The van der Waals surface area contributed by atoms with Crippen molar-refractivity contribution in [2.45, 2.75) is 25.8 Å². The lowest BCUT2D eigenvalue weighted by Crippen LogP contribution is -2.47. The van der Waals surface area contributed by atoms with Gasteiger partial charge in [0.2, 0.25) is 0 Å². The summed E-state index contributed by atoms with van der Waals surface area (Å²) in [7, 11) is 2.08. The molecule has 1 aromatic heterocycles. The molecule has 0 amide bonds. The Bertz CT molecular complexity index is 325. The maximum atomic E-state index is 4.16. The highest BCUT2D eigenvalue weighted by Gasteiger charge is 2.24. The van der Waals surface area contributed by atoms with Crippen molar-refractivity contribution in [2.75, 3.05) is 26.7 Å². The van der Waals surface area contributed by atoms with Gasteiger partial charge in [-0.25, -0.2) is 0 Å². The van der Waals surface area contributed by atoms with Gasteiger partial charge in [0.1, 0.15) is 0 Å². The molecule has 3 nitrogen and oxygen atoms in total. The van der Waals surface area contributed by atoms with Crippen molar-refractivity contribution in [1.82, 2.24) is 15.2 Å². The van der Waals surface area contributed by atoms with Gasteiger partial charge in [0.05, 0.1) is 0 Å². The smallest absolute Gasteiger partial charge is 0.0300 e. The second-order valence-corrected chi connectivity index (χ2v) is 5.07. The lowest BCUT2D eigenvalue weighted by atomic mass is 9.94. The summed E-state index contributed by atoms with van der Waals surface area (Å²) in [5.74, 6) is 0.752. The largest absolute Gasteiger partial charge is 0.317 e. The van der Waals surface area contributed by atoms with Gasteiger partial charge in [-0.05, 0) is 44.0 Å². The lowest BCUT2D eigenvalue weighted by molar-refractivity contribution is 0.153. The van der Waals surface area contributed by atoms with Gasteiger partial charge >= 0.3 is 0 Å². The number of nitrogens with zero attached hydrogens (tertiary/aromatic N) is 2. The standard InChI is InChI=1S/C14H23N3/c1-12-11-17(9-6-14(12)15-2)8-5-13-4-3-7-16-10-13/h3-4,7,10,12,14-15H,5-6,8-9,11H2,1-2H3. The van der Waals surface area contributed by atoms with Crippen LogP contribution in [-0.4, -0.2) is 42.6 Å². The Morgan fingerprint density at radius 1 is 1.53 bits per heavy atom. The van der Waals surface area contributed by atoms with Crippen LogP contribution < -0.4 is 5.32 Å². The fourth-order valence-electron chi connectivity index (χ4n) is 2.70. The number of piperidine rings is 1. The summed E-state index contributed by atoms with van der Waals surface area (Å²) in [4.78, 5) is 6.74. The Balaban J connectivity index is 1.78. The van der Waals surface area contributed by atoms with Crippen LogP contribution >= 0.6 is 0 Å². The Morgan fingerprint density at radius 3 is 3.06 bits per heavy atom. The highest BCUT2D eigenvalue weighted by Crippen LogP contribution is 2.16. The van der Waals surface area contributed by atoms with Crippen molar-refractivity contribution in [3.63, 3.8) is 0 Å². The zero-order chi connectivity index (χ0) is 12.1. The van der Waals surface area contributed by atoms with Gasteiger partial charge in [0.15, 0.2) is 0 Å². The van der Waals surface area contributed by atoms with E-state index in [1.165, 1.54) is 25.1 Å². The fourth-order valence-corrected chi connectivity index (χ4v) is 2.70. The van der Waals surface area contributed by atoms with Crippen LogP contribution in [0.5, 0.6) is 0 Å². The van der Waals surface area contributed by atoms with Gasteiger partial charge < -0.3 is 10.2 Å². The van der Waals surface area contributed by atoms with E-state index >= 15 is 0 Å². The second-order valence-electron chi connectivity index (χ2n) is 5.07. The molecule has 3 heteroatoms. The monoisotopic (exact) mass is 233 g/mol. The average molecular weight is 233 g/mol. The minimum atomic E-state index is 0.699. The van der Waals surface area contributed by atoms with Gasteiger partial charge in [-0.2, -0.15) is 0 Å². The summed E-state index contributed by atoms with van der Waals surface area (Å²) in [6.45, 7) is 5.94. The number of aromatic nitrogens is 1. The molecule has 2 atom stereocenters. The SMILES string of the molecule is CNC1CCN(CCc2cccnc2)CC1C. The predicted octanol–water partition coefficient (Wildman–Crippen LogP) is 1.55. The maximum absolute atomic E-state index is 4.16. The zero-order valence-electron chi connectivity index (χ0n) is 10.9. The second kappa shape index (κ2) is 6.12. The topological polar surface area (TPSA) is 28.2 Å². The van der Waals surface area contributed by atoms with Crippen LogP contribution in [-0.2, 0) is 6.42 Å². The van der Waals surface area contributed by atoms with Crippen LogP contribution in [0.3, 0.4) is 0 Å². The summed E-state index contributed by atoms with van der Waals surface area (Å²) in [6, 6.07) is 4.88. The molecule has 0 bridgehead atoms. The molecule has 94 valence electrons. The first kappa shape index (κ1) is 12.5. The van der Waals surface area contributed by atoms with Gasteiger partial charge in [-0.1, -0.05) is 13.0 Å². The van der Waals surface area contributed by atoms with Crippen molar-refractivity contribution >= 4 is 0 Å². The molecule has 2 rings (SSSR count). The molecule has 1 fully saturated rings. The van der Waals surface area contributed by atoms with Crippen LogP contribution in [0.2, 0.25) is 0 Å². The van der Waals surface area contributed by atoms with Crippen LogP contribution in [0.1, 0.15) is 18.9 Å². The van der Waals surface area contributed by atoms with E-state index in [9.17, 15) is 0 Å². The Hall–Kier alpha value is -0.930. The van der Waals surface area contributed by atoms with Crippen molar-refractivity contribution in [2.24, 2.45) is 5.92 Å². The van der Waals surface area contributed by atoms with Gasteiger partial charge in [-0.3, -0.25) is 4.98 Å². The number of rotatable bonds is 4. The Morgan fingerprint density at radius 2 is 2.41 bits per heavy atom.